The molecule has 0 aromatic heterocycles. The van der Waals surface area contributed by atoms with Gasteiger partial charge in [0.25, 0.3) is 11.0 Å². The van der Waals surface area contributed by atoms with Crippen LogP contribution in [-0.4, -0.2) is 26.4 Å². The molecule has 0 unspecified atom stereocenters. The number of rotatable bonds is 4. The van der Waals surface area contributed by atoms with E-state index < -0.39 is 35.6 Å². The molecule has 0 bridgehead atoms. The number of alkyl halides is 7. The zero-order valence-electron chi connectivity index (χ0n) is 6.40. The van der Waals surface area contributed by atoms with Crippen molar-refractivity contribution in [2.75, 3.05) is 0 Å². The van der Waals surface area contributed by atoms with Crippen molar-refractivity contribution in [2.45, 2.75) is 18.0 Å². The largest absolute Gasteiger partial charge is 0.459 e. The normalized spacial score (nSPS) is 14.7. The predicted octanol–water partition coefficient (Wildman–Crippen LogP) is 1.52. The Labute approximate surface area is 80.0 Å². The van der Waals surface area contributed by atoms with E-state index in [2.05, 4.69) is 4.18 Å². The predicted molar refractivity (Wildman–Crippen MR) is 31.6 cm³/mol. The third kappa shape index (κ3) is 3.19. The van der Waals surface area contributed by atoms with Crippen LogP contribution in [0, 0.1) is 6.61 Å². The zero-order valence-corrected chi connectivity index (χ0v) is 7.29. The fourth-order valence-corrected chi connectivity index (χ4v) is 0.591. The van der Waals surface area contributed by atoms with Gasteiger partial charge in [0.05, 0.1) is 0 Å². The summed E-state index contributed by atoms with van der Waals surface area (Å²) < 4.78 is 104. The van der Waals surface area contributed by atoms with Gasteiger partial charge in [-0.25, -0.2) is 8.42 Å². The first-order valence-electron chi connectivity index (χ1n) is 2.89. The second-order valence-electron chi connectivity index (χ2n) is 2.14. The molecule has 0 spiro atoms. The van der Waals surface area contributed by atoms with Crippen molar-refractivity contribution in [1.29, 1.82) is 0 Å². The summed E-state index contributed by atoms with van der Waals surface area (Å²) in [6.07, 6.45) is -6.52. The molecule has 0 saturated carbocycles. The SMILES string of the molecule is O=[SH](=O)O[CH]C(F)(F)C(F)(F)C(F)(F)F. The van der Waals surface area contributed by atoms with Gasteiger partial charge in [-0.05, 0) is 0 Å². The number of thiol groups is 1. The van der Waals surface area contributed by atoms with Crippen LogP contribution in [0.3, 0.4) is 0 Å². The Balaban J connectivity index is 4.85. The third-order valence-corrected chi connectivity index (χ3v) is 1.34. The standard InChI is InChI=1S/C4H2F7O3S/c5-2(6,1-14-15(12)13)3(7,8)4(9,10)11/h1,15H. The average Bonchev–Trinajstić information content (AvgIpc) is 1.98. The summed E-state index contributed by atoms with van der Waals surface area (Å²) in [7, 11) is -3.98. The Hall–Kier alpha value is -0.580. The molecule has 0 aromatic carbocycles. The molecule has 0 aliphatic rings. The van der Waals surface area contributed by atoms with Crippen LogP contribution in [0.1, 0.15) is 0 Å². The zero-order chi connectivity index (χ0) is 12.5. The molecular weight excluding hydrogens is 261 g/mol. The number of halogens is 7. The Morgan fingerprint density at radius 3 is 1.60 bits per heavy atom. The van der Waals surface area contributed by atoms with Gasteiger partial charge in [-0.1, -0.05) is 0 Å². The quantitative estimate of drug-likeness (QED) is 0.617. The molecule has 0 fully saturated rings. The number of hydrogen-bond acceptors (Lipinski definition) is 3. The summed E-state index contributed by atoms with van der Waals surface area (Å²) in [6.45, 7) is -1.38. The van der Waals surface area contributed by atoms with Gasteiger partial charge < -0.3 is 0 Å². The summed E-state index contributed by atoms with van der Waals surface area (Å²) in [6, 6.07) is 0. The monoisotopic (exact) mass is 263 g/mol. The molecule has 0 saturated heterocycles. The molecule has 91 valence electrons. The van der Waals surface area contributed by atoms with E-state index in [0.717, 1.165) is 0 Å². The summed E-state index contributed by atoms with van der Waals surface area (Å²) in [5.74, 6) is -12.2. The maximum Gasteiger partial charge on any atom is 0.459 e. The Kier molecular flexibility index (Phi) is 3.96. The van der Waals surface area contributed by atoms with Crippen LogP contribution in [0.4, 0.5) is 30.7 Å². The third-order valence-electron chi connectivity index (χ3n) is 1.06. The molecule has 0 heterocycles. The summed E-state index contributed by atoms with van der Waals surface area (Å²) in [5, 5.41) is 0. The van der Waals surface area contributed by atoms with Crippen LogP contribution < -0.4 is 0 Å². The minimum Gasteiger partial charge on any atom is -0.259 e. The molecule has 0 aromatic rings. The first-order chi connectivity index (χ1) is 6.42. The maximum atomic E-state index is 12.1. The van der Waals surface area contributed by atoms with Crippen molar-refractivity contribution in [3.05, 3.63) is 6.61 Å². The lowest BCUT2D eigenvalue weighted by Gasteiger charge is -2.26. The second-order valence-corrected chi connectivity index (χ2v) is 2.80. The van der Waals surface area contributed by atoms with E-state index in [-0.39, 0.29) is 0 Å². The maximum absolute atomic E-state index is 12.1. The van der Waals surface area contributed by atoms with Crippen molar-refractivity contribution in [3.63, 3.8) is 0 Å². The van der Waals surface area contributed by atoms with Crippen molar-refractivity contribution in [3.8, 4) is 0 Å². The lowest BCUT2D eigenvalue weighted by Crippen LogP contribution is -2.52. The van der Waals surface area contributed by atoms with Gasteiger partial charge in [0.1, 0.15) is 0 Å². The van der Waals surface area contributed by atoms with E-state index in [0.29, 0.717) is 0 Å². The highest BCUT2D eigenvalue weighted by Crippen LogP contribution is 2.47. The van der Waals surface area contributed by atoms with Crippen LogP contribution in [0.5, 0.6) is 0 Å². The minimum atomic E-state index is -6.52. The Bertz CT molecular complexity index is 285. The molecule has 3 nitrogen and oxygen atoms in total. The van der Waals surface area contributed by atoms with Crippen molar-refractivity contribution >= 4 is 11.0 Å². The molecule has 0 N–H and O–H groups in total. The molecular formula is C4H2F7O3S. The van der Waals surface area contributed by atoms with Crippen molar-refractivity contribution in [2.24, 2.45) is 0 Å². The van der Waals surface area contributed by atoms with Gasteiger partial charge in [0.15, 0.2) is 6.61 Å². The minimum absolute atomic E-state index is 1.38. The molecule has 0 aliphatic heterocycles. The highest BCUT2D eigenvalue weighted by Gasteiger charge is 2.73. The van der Waals surface area contributed by atoms with Crippen LogP contribution in [0.15, 0.2) is 0 Å². The first-order valence-corrected chi connectivity index (χ1v) is 3.99. The smallest absolute Gasteiger partial charge is 0.259 e. The van der Waals surface area contributed by atoms with Gasteiger partial charge in [-0.2, -0.15) is 30.7 Å². The molecule has 15 heavy (non-hydrogen) atoms. The molecule has 1 radical (unpaired) electrons. The fraction of sp³-hybridized carbons (Fsp3) is 0.750. The topological polar surface area (TPSA) is 43.4 Å². The van der Waals surface area contributed by atoms with Crippen LogP contribution >= 0.6 is 0 Å². The molecule has 0 amide bonds. The van der Waals surface area contributed by atoms with Crippen LogP contribution in [0.25, 0.3) is 0 Å². The molecule has 0 aliphatic carbocycles. The van der Waals surface area contributed by atoms with Crippen molar-refractivity contribution in [1.82, 2.24) is 0 Å². The van der Waals surface area contributed by atoms with Gasteiger partial charge in [-0.15, -0.1) is 0 Å². The van der Waals surface area contributed by atoms with E-state index in [9.17, 15) is 39.2 Å². The summed E-state index contributed by atoms with van der Waals surface area (Å²) in [5.41, 5.74) is 0. The lowest BCUT2D eigenvalue weighted by molar-refractivity contribution is -0.350. The van der Waals surface area contributed by atoms with Gasteiger partial charge >= 0.3 is 18.0 Å². The van der Waals surface area contributed by atoms with Gasteiger partial charge in [-0.3, -0.25) is 4.18 Å². The Morgan fingerprint density at radius 2 is 1.33 bits per heavy atom. The molecule has 11 heteroatoms. The van der Waals surface area contributed by atoms with Gasteiger partial charge in [0.2, 0.25) is 0 Å². The highest BCUT2D eigenvalue weighted by molar-refractivity contribution is 7.67. The Morgan fingerprint density at radius 1 is 0.933 bits per heavy atom. The van der Waals surface area contributed by atoms with E-state index in [1.54, 1.807) is 0 Å². The van der Waals surface area contributed by atoms with E-state index in [1.165, 1.54) is 0 Å². The number of hydrogen-bond donors (Lipinski definition) is 1. The fourth-order valence-electron chi connectivity index (χ4n) is 0.372. The van der Waals surface area contributed by atoms with E-state index in [4.69, 9.17) is 0 Å². The van der Waals surface area contributed by atoms with E-state index >= 15 is 0 Å². The first kappa shape index (κ1) is 14.4. The summed E-state index contributed by atoms with van der Waals surface area (Å²) >= 11 is 0. The summed E-state index contributed by atoms with van der Waals surface area (Å²) in [4.78, 5) is 0. The van der Waals surface area contributed by atoms with Crippen LogP contribution in [0.2, 0.25) is 0 Å². The highest BCUT2D eigenvalue weighted by atomic mass is 32.2. The second kappa shape index (κ2) is 4.12. The molecule has 0 atom stereocenters. The molecule has 0 rings (SSSR count). The van der Waals surface area contributed by atoms with E-state index in [1.807, 2.05) is 0 Å². The van der Waals surface area contributed by atoms with Crippen molar-refractivity contribution < 1.29 is 43.3 Å². The lowest BCUT2D eigenvalue weighted by atomic mass is 10.2. The van der Waals surface area contributed by atoms with Gasteiger partial charge in [0, 0.05) is 0 Å². The average molecular weight is 263 g/mol. The van der Waals surface area contributed by atoms with Crippen LogP contribution in [-0.2, 0) is 15.2 Å².